The van der Waals surface area contributed by atoms with Gasteiger partial charge in [0.25, 0.3) is 0 Å². The van der Waals surface area contributed by atoms with Crippen LogP contribution in [0.1, 0.15) is 43.3 Å². The van der Waals surface area contributed by atoms with E-state index >= 15 is 0 Å². The number of nitrogens with zero attached hydrogens (tertiary/aromatic N) is 4. The Labute approximate surface area is 142 Å². The predicted octanol–water partition coefficient (Wildman–Crippen LogP) is -0.552. The van der Waals surface area contributed by atoms with Crippen molar-refractivity contribution in [3.63, 3.8) is 0 Å². The molecule has 0 bridgehead atoms. The molecule has 3 rings (SSSR count). The van der Waals surface area contributed by atoms with Crippen LogP contribution in [0.4, 0.5) is 0 Å². The zero-order chi connectivity index (χ0) is 17.2. The Kier molecular flexibility index (Phi) is 5.51. The summed E-state index contributed by atoms with van der Waals surface area (Å²) in [6, 6.07) is 0.282. The van der Waals surface area contributed by atoms with Crippen LogP contribution in [0.2, 0.25) is 0 Å². The van der Waals surface area contributed by atoms with E-state index in [9.17, 15) is 10.2 Å². The molecule has 24 heavy (non-hydrogen) atoms. The van der Waals surface area contributed by atoms with Crippen LogP contribution in [0.15, 0.2) is 0 Å². The lowest BCUT2D eigenvalue weighted by atomic mass is 9.80. The van der Waals surface area contributed by atoms with Gasteiger partial charge in [0.05, 0.1) is 25.4 Å². The molecule has 1 aliphatic carbocycles. The number of aliphatic hydroxyl groups excluding tert-OH is 1. The summed E-state index contributed by atoms with van der Waals surface area (Å²) >= 11 is 0. The summed E-state index contributed by atoms with van der Waals surface area (Å²) in [6.07, 6.45) is 3.11. The lowest BCUT2D eigenvalue weighted by molar-refractivity contribution is -0.0611. The molecular formula is C16H29N5O3. The number of likely N-dealkylation sites (tertiary alicyclic amines) is 1. The van der Waals surface area contributed by atoms with Crippen molar-refractivity contribution in [1.29, 1.82) is 0 Å². The summed E-state index contributed by atoms with van der Waals surface area (Å²) < 4.78 is 7.41. The molecule has 0 amide bonds. The fourth-order valence-corrected chi connectivity index (χ4v) is 3.55. The van der Waals surface area contributed by atoms with Crippen molar-refractivity contribution in [2.75, 3.05) is 33.4 Å². The van der Waals surface area contributed by atoms with Gasteiger partial charge in [-0.2, -0.15) is 0 Å². The molecule has 1 aromatic heterocycles. The number of hydrogen-bond donors (Lipinski definition) is 3. The van der Waals surface area contributed by atoms with E-state index in [-0.39, 0.29) is 12.6 Å². The van der Waals surface area contributed by atoms with Crippen molar-refractivity contribution in [3.05, 3.63) is 11.6 Å². The second-order valence-corrected chi connectivity index (χ2v) is 7.21. The Hall–Kier alpha value is -1.06. The number of piperidine rings is 1. The van der Waals surface area contributed by atoms with E-state index in [2.05, 4.69) is 19.7 Å². The number of aliphatic hydroxyl groups is 2. The molecule has 136 valence electrons. The zero-order valence-corrected chi connectivity index (χ0v) is 14.4. The van der Waals surface area contributed by atoms with Gasteiger partial charge < -0.3 is 25.3 Å². The normalized spacial score (nSPS) is 27.2. The molecule has 2 heterocycles. The van der Waals surface area contributed by atoms with Crippen LogP contribution in [0.5, 0.6) is 0 Å². The van der Waals surface area contributed by atoms with E-state index in [1.807, 2.05) is 0 Å². The third-order valence-corrected chi connectivity index (χ3v) is 5.36. The first-order valence-corrected chi connectivity index (χ1v) is 8.77. The Morgan fingerprint density at radius 1 is 1.29 bits per heavy atom. The number of rotatable bonds is 7. The minimum Gasteiger partial charge on any atom is -0.393 e. The van der Waals surface area contributed by atoms with Gasteiger partial charge in [0.1, 0.15) is 11.6 Å². The predicted molar refractivity (Wildman–Crippen MR) is 88.4 cm³/mol. The van der Waals surface area contributed by atoms with Crippen molar-refractivity contribution in [2.45, 2.75) is 56.3 Å². The van der Waals surface area contributed by atoms with Gasteiger partial charge in [-0.3, -0.25) is 4.90 Å². The second-order valence-electron chi connectivity index (χ2n) is 7.21. The zero-order valence-electron chi connectivity index (χ0n) is 14.4. The summed E-state index contributed by atoms with van der Waals surface area (Å²) in [7, 11) is 1.70. The van der Waals surface area contributed by atoms with Gasteiger partial charge in [0.2, 0.25) is 0 Å². The van der Waals surface area contributed by atoms with Gasteiger partial charge >= 0.3 is 0 Å². The first-order chi connectivity index (χ1) is 11.5. The molecule has 1 saturated carbocycles. The van der Waals surface area contributed by atoms with Crippen molar-refractivity contribution in [1.82, 2.24) is 19.7 Å². The molecule has 8 nitrogen and oxygen atoms in total. The largest absolute Gasteiger partial charge is 0.393 e. The van der Waals surface area contributed by atoms with Gasteiger partial charge in [-0.1, -0.05) is 0 Å². The van der Waals surface area contributed by atoms with Gasteiger partial charge in [-0.05, 0) is 25.7 Å². The highest BCUT2D eigenvalue weighted by Crippen LogP contribution is 2.35. The van der Waals surface area contributed by atoms with E-state index < -0.39 is 5.60 Å². The van der Waals surface area contributed by atoms with Crippen LogP contribution in [0.3, 0.4) is 0 Å². The summed E-state index contributed by atoms with van der Waals surface area (Å²) in [6.45, 7) is 3.40. The highest BCUT2D eigenvalue weighted by Gasteiger charge is 2.34. The minimum atomic E-state index is -0.923. The molecule has 0 radical (unpaired) electrons. The molecule has 1 saturated heterocycles. The quantitative estimate of drug-likeness (QED) is 0.611. The van der Waals surface area contributed by atoms with Crippen LogP contribution in [-0.2, 0) is 17.8 Å². The first-order valence-electron chi connectivity index (χ1n) is 8.77. The maximum absolute atomic E-state index is 10.1. The maximum Gasteiger partial charge on any atom is 0.147 e. The van der Waals surface area contributed by atoms with E-state index in [4.69, 9.17) is 10.5 Å². The molecule has 0 atom stereocenters. The fourth-order valence-electron chi connectivity index (χ4n) is 3.55. The van der Waals surface area contributed by atoms with Crippen LogP contribution in [-0.4, -0.2) is 74.9 Å². The molecule has 4 N–H and O–H groups in total. The molecule has 1 aliphatic heterocycles. The van der Waals surface area contributed by atoms with Crippen LogP contribution in [0.25, 0.3) is 0 Å². The molecule has 0 aromatic carbocycles. The minimum absolute atomic E-state index is 0.170. The Bertz CT molecular complexity index is 536. The third-order valence-electron chi connectivity index (χ3n) is 5.36. The number of ether oxygens (including phenoxy) is 1. The van der Waals surface area contributed by atoms with Gasteiger partial charge in [0, 0.05) is 38.7 Å². The average molecular weight is 339 g/mol. The van der Waals surface area contributed by atoms with Crippen molar-refractivity contribution in [2.24, 2.45) is 5.73 Å². The monoisotopic (exact) mass is 339 g/mol. The molecular weight excluding hydrogens is 310 g/mol. The molecule has 1 aromatic rings. The summed E-state index contributed by atoms with van der Waals surface area (Å²) in [5.41, 5.74) is 4.99. The summed E-state index contributed by atoms with van der Waals surface area (Å²) in [4.78, 5) is 2.26. The topological polar surface area (TPSA) is 110 Å². The first kappa shape index (κ1) is 17.8. The number of nitrogens with two attached hydrogens (primary N) is 1. The molecule has 0 spiro atoms. The molecule has 2 aliphatic rings. The lowest BCUT2D eigenvalue weighted by Crippen LogP contribution is -2.46. The fraction of sp³-hybridized carbons (Fsp3) is 0.875. The Morgan fingerprint density at radius 2 is 2.00 bits per heavy atom. The van der Waals surface area contributed by atoms with Gasteiger partial charge in [-0.25, -0.2) is 0 Å². The van der Waals surface area contributed by atoms with E-state index in [1.165, 1.54) is 0 Å². The number of aromatic nitrogens is 3. The summed E-state index contributed by atoms with van der Waals surface area (Å²) in [5.74, 6) is 2.36. The number of methoxy groups -OCH3 is 1. The van der Waals surface area contributed by atoms with Gasteiger partial charge in [-0.15, -0.1) is 10.2 Å². The van der Waals surface area contributed by atoms with Crippen LogP contribution >= 0.6 is 0 Å². The Morgan fingerprint density at radius 3 is 2.58 bits per heavy atom. The van der Waals surface area contributed by atoms with E-state index in [1.54, 1.807) is 7.11 Å². The standard InChI is InChI=1S/C16H29N5O3/c1-24-7-6-21-14(18-19-15(21)12-8-13(17)9-12)10-20-4-2-16(23,11-22)3-5-20/h12-13,22-23H,2-11,17H2,1H3. The Balaban J connectivity index is 1.66. The van der Waals surface area contributed by atoms with Crippen molar-refractivity contribution < 1.29 is 14.9 Å². The molecule has 0 unspecified atom stereocenters. The lowest BCUT2D eigenvalue weighted by Gasteiger charge is -2.36. The SMILES string of the molecule is COCCn1c(CN2CCC(O)(CO)CC2)nnc1C1CC(N)C1. The summed E-state index contributed by atoms with van der Waals surface area (Å²) in [5, 5.41) is 28.2. The second kappa shape index (κ2) is 7.45. The van der Waals surface area contributed by atoms with E-state index in [0.717, 1.165) is 44.1 Å². The molecule has 2 fully saturated rings. The third kappa shape index (κ3) is 3.78. The highest BCUT2D eigenvalue weighted by molar-refractivity contribution is 5.09. The molecule has 8 heteroatoms. The average Bonchev–Trinajstić information content (AvgIpc) is 2.94. The van der Waals surface area contributed by atoms with Crippen molar-refractivity contribution in [3.8, 4) is 0 Å². The highest BCUT2D eigenvalue weighted by atomic mass is 16.5. The van der Waals surface area contributed by atoms with E-state index in [0.29, 0.717) is 31.9 Å². The van der Waals surface area contributed by atoms with Crippen LogP contribution in [0, 0.1) is 0 Å². The van der Waals surface area contributed by atoms with Crippen molar-refractivity contribution >= 4 is 0 Å². The number of hydrogen-bond acceptors (Lipinski definition) is 7. The van der Waals surface area contributed by atoms with Gasteiger partial charge in [0.15, 0.2) is 0 Å². The smallest absolute Gasteiger partial charge is 0.147 e. The van der Waals surface area contributed by atoms with Crippen LogP contribution < -0.4 is 5.73 Å². The maximum atomic E-state index is 10.1.